The van der Waals surface area contributed by atoms with Crippen molar-refractivity contribution in [1.29, 1.82) is 10.5 Å². The van der Waals surface area contributed by atoms with Gasteiger partial charge in [-0.2, -0.15) is 23.7 Å². The number of hydrogen-bond acceptors (Lipinski definition) is 8. The van der Waals surface area contributed by atoms with Gasteiger partial charge in [-0.15, -0.1) is 0 Å². The molecule has 1 amide bonds. The highest BCUT2D eigenvalue weighted by Crippen LogP contribution is 2.34. The molecule has 0 spiro atoms. The van der Waals surface area contributed by atoms with E-state index in [1.54, 1.807) is 0 Å². The Balaban J connectivity index is 1.88. The van der Waals surface area contributed by atoms with Gasteiger partial charge in [0.15, 0.2) is 0 Å². The standard InChI is InChI=1S/C24H16F3N5O4/c1-23(36-21(33)16-3-2-8-30-12-16,14-35-19-7-6-18(11-29)31-13-19)22(34)32-17-5-4-15(10-28)20(9-17)24(25,26)27/h2-9,12-13H,14H2,1H3,(H,32,34)/t23-/m0/s1. The molecule has 2 aromatic heterocycles. The van der Waals surface area contributed by atoms with Crippen LogP contribution in [0.1, 0.15) is 34.1 Å². The van der Waals surface area contributed by atoms with Gasteiger partial charge in [-0.1, -0.05) is 0 Å². The van der Waals surface area contributed by atoms with Crippen molar-refractivity contribution in [2.75, 3.05) is 11.9 Å². The third-order valence-electron chi connectivity index (χ3n) is 4.76. The maximum absolute atomic E-state index is 13.3. The molecule has 0 fully saturated rings. The lowest BCUT2D eigenvalue weighted by atomic mass is 10.0. The number of aromatic nitrogens is 2. The number of alkyl halides is 3. The normalized spacial score (nSPS) is 12.4. The number of ether oxygens (including phenoxy) is 2. The number of carbonyl (C=O) groups excluding carboxylic acids is 2. The number of rotatable bonds is 7. The number of nitrogens with one attached hydrogen (secondary N) is 1. The maximum atomic E-state index is 13.3. The van der Waals surface area contributed by atoms with Gasteiger partial charge in [-0.25, -0.2) is 9.78 Å². The fraction of sp³-hybridized carbons (Fsp3) is 0.167. The minimum Gasteiger partial charge on any atom is -0.487 e. The van der Waals surface area contributed by atoms with Gasteiger partial charge in [0, 0.05) is 18.1 Å². The summed E-state index contributed by atoms with van der Waals surface area (Å²) in [7, 11) is 0. The quantitative estimate of drug-likeness (QED) is 0.488. The summed E-state index contributed by atoms with van der Waals surface area (Å²) in [6.07, 6.45) is -0.987. The molecule has 0 aliphatic carbocycles. The van der Waals surface area contributed by atoms with Crippen LogP contribution in [0.4, 0.5) is 18.9 Å². The number of pyridine rings is 2. The summed E-state index contributed by atoms with van der Waals surface area (Å²) in [6, 6.07) is 11.6. The Bertz CT molecular complexity index is 1350. The van der Waals surface area contributed by atoms with Gasteiger partial charge < -0.3 is 14.8 Å². The minimum absolute atomic E-state index is 0.0225. The summed E-state index contributed by atoms with van der Waals surface area (Å²) in [6.45, 7) is 0.656. The molecule has 3 rings (SSSR count). The van der Waals surface area contributed by atoms with Gasteiger partial charge >= 0.3 is 12.1 Å². The predicted molar refractivity (Wildman–Crippen MR) is 117 cm³/mol. The van der Waals surface area contributed by atoms with Crippen LogP contribution < -0.4 is 10.1 Å². The number of nitriles is 2. The highest BCUT2D eigenvalue weighted by Gasteiger charge is 2.40. The number of anilines is 1. The number of hydrogen-bond donors (Lipinski definition) is 1. The smallest absolute Gasteiger partial charge is 0.417 e. The zero-order valence-corrected chi connectivity index (χ0v) is 18.5. The summed E-state index contributed by atoms with van der Waals surface area (Å²) >= 11 is 0. The van der Waals surface area contributed by atoms with E-state index in [1.807, 2.05) is 6.07 Å². The summed E-state index contributed by atoms with van der Waals surface area (Å²) in [5.74, 6) is -1.79. The second-order valence-electron chi connectivity index (χ2n) is 7.47. The summed E-state index contributed by atoms with van der Waals surface area (Å²) in [4.78, 5) is 33.4. The Labute approximate surface area is 202 Å². The molecule has 2 heterocycles. The molecule has 3 aromatic rings. The summed E-state index contributed by atoms with van der Waals surface area (Å²) < 4.78 is 50.9. The van der Waals surface area contributed by atoms with Gasteiger partial charge in [-0.05, 0) is 49.4 Å². The first-order valence-electron chi connectivity index (χ1n) is 10.1. The van der Waals surface area contributed by atoms with Crippen molar-refractivity contribution < 1.29 is 32.2 Å². The molecular weight excluding hydrogens is 479 g/mol. The molecule has 0 bridgehead atoms. The van der Waals surface area contributed by atoms with Crippen LogP contribution in [-0.2, 0) is 15.7 Å². The third kappa shape index (κ3) is 6.12. The molecule has 1 aromatic carbocycles. The van der Waals surface area contributed by atoms with Crippen LogP contribution in [0, 0.1) is 22.7 Å². The van der Waals surface area contributed by atoms with Crippen molar-refractivity contribution in [3.8, 4) is 17.9 Å². The van der Waals surface area contributed by atoms with Crippen molar-refractivity contribution in [3.05, 3.63) is 83.4 Å². The van der Waals surface area contributed by atoms with Gasteiger partial charge in [0.05, 0.1) is 29.0 Å². The van der Waals surface area contributed by atoms with Crippen molar-refractivity contribution in [2.24, 2.45) is 0 Å². The number of halogens is 3. The maximum Gasteiger partial charge on any atom is 0.417 e. The topological polar surface area (TPSA) is 138 Å². The number of benzene rings is 1. The van der Waals surface area contributed by atoms with Gasteiger partial charge in [0.2, 0.25) is 5.60 Å². The van der Waals surface area contributed by atoms with Crippen LogP contribution >= 0.6 is 0 Å². The van der Waals surface area contributed by atoms with Gasteiger partial charge in [-0.3, -0.25) is 9.78 Å². The molecule has 36 heavy (non-hydrogen) atoms. The van der Waals surface area contributed by atoms with Crippen LogP contribution in [0.5, 0.6) is 5.75 Å². The first kappa shape index (κ1) is 25.6. The number of esters is 1. The lowest BCUT2D eigenvalue weighted by Crippen LogP contribution is -2.49. The Morgan fingerprint density at radius 1 is 1.08 bits per heavy atom. The average Bonchev–Trinajstić information content (AvgIpc) is 2.87. The SMILES string of the molecule is C[C@@](COc1ccc(C#N)nc1)(OC(=O)c1cccnc1)C(=O)Nc1ccc(C#N)c(C(F)(F)F)c1. The molecule has 0 saturated carbocycles. The van der Waals surface area contributed by atoms with Crippen LogP contribution in [0.2, 0.25) is 0 Å². The summed E-state index contributed by atoms with van der Waals surface area (Å²) in [5.41, 5.74) is -4.04. The van der Waals surface area contributed by atoms with Crippen molar-refractivity contribution in [2.45, 2.75) is 18.7 Å². The van der Waals surface area contributed by atoms with Crippen LogP contribution in [0.3, 0.4) is 0 Å². The van der Waals surface area contributed by atoms with E-state index in [2.05, 4.69) is 15.3 Å². The number of amides is 1. The highest BCUT2D eigenvalue weighted by molar-refractivity contribution is 6.00. The second-order valence-corrected chi connectivity index (χ2v) is 7.47. The number of carbonyl (C=O) groups is 2. The molecule has 9 nitrogen and oxygen atoms in total. The van der Waals surface area contributed by atoms with E-state index < -0.39 is 41.4 Å². The molecule has 0 aliphatic rings. The fourth-order valence-corrected chi connectivity index (χ4v) is 2.86. The lowest BCUT2D eigenvalue weighted by Gasteiger charge is -2.28. The van der Waals surface area contributed by atoms with Crippen molar-refractivity contribution in [3.63, 3.8) is 0 Å². The van der Waals surface area contributed by atoms with E-state index in [4.69, 9.17) is 20.0 Å². The first-order chi connectivity index (χ1) is 17.1. The monoisotopic (exact) mass is 495 g/mol. The predicted octanol–water partition coefficient (Wildman–Crippen LogP) is 3.87. The minimum atomic E-state index is -4.84. The molecule has 0 radical (unpaired) electrons. The van der Waals surface area contributed by atoms with E-state index in [9.17, 15) is 22.8 Å². The van der Waals surface area contributed by atoms with Crippen LogP contribution in [0.15, 0.2) is 61.1 Å². The van der Waals surface area contributed by atoms with E-state index in [0.717, 1.165) is 12.1 Å². The number of nitrogens with zero attached hydrogens (tertiary/aromatic N) is 4. The largest absolute Gasteiger partial charge is 0.487 e. The summed E-state index contributed by atoms with van der Waals surface area (Å²) in [5, 5.41) is 20.1. The first-order valence-corrected chi connectivity index (χ1v) is 10.1. The van der Waals surface area contributed by atoms with Gasteiger partial charge in [0.1, 0.15) is 24.1 Å². The fourth-order valence-electron chi connectivity index (χ4n) is 2.86. The molecule has 1 N–H and O–H groups in total. The molecule has 0 saturated heterocycles. The van der Waals surface area contributed by atoms with Gasteiger partial charge in [0.25, 0.3) is 5.91 Å². The zero-order valence-electron chi connectivity index (χ0n) is 18.5. The molecule has 0 aliphatic heterocycles. The van der Waals surface area contributed by atoms with Crippen molar-refractivity contribution in [1.82, 2.24) is 9.97 Å². The van der Waals surface area contributed by atoms with E-state index in [-0.39, 0.29) is 22.7 Å². The average molecular weight is 495 g/mol. The van der Waals surface area contributed by atoms with E-state index >= 15 is 0 Å². The van der Waals surface area contributed by atoms with Crippen molar-refractivity contribution >= 4 is 17.6 Å². The Morgan fingerprint density at radius 3 is 2.44 bits per heavy atom. The molecule has 0 unspecified atom stereocenters. The van der Waals surface area contributed by atoms with E-state index in [1.165, 1.54) is 55.8 Å². The highest BCUT2D eigenvalue weighted by atomic mass is 19.4. The molecule has 182 valence electrons. The second kappa shape index (κ2) is 10.5. The lowest BCUT2D eigenvalue weighted by molar-refractivity contribution is -0.138. The van der Waals surface area contributed by atoms with E-state index in [0.29, 0.717) is 6.07 Å². The third-order valence-corrected chi connectivity index (χ3v) is 4.76. The molecule has 1 atom stereocenters. The molecule has 12 heteroatoms. The Hall–Kier alpha value is -4.97. The zero-order chi connectivity index (χ0) is 26.3. The molecular formula is C24H16F3N5O4. The van der Waals surface area contributed by atoms with Crippen LogP contribution in [-0.4, -0.2) is 34.1 Å². The Kier molecular flexibility index (Phi) is 7.50. The van der Waals surface area contributed by atoms with Crippen LogP contribution in [0.25, 0.3) is 0 Å². The Morgan fingerprint density at radius 2 is 1.86 bits per heavy atom.